The molecule has 0 aliphatic heterocycles. The second-order valence-corrected chi connectivity index (χ2v) is 8.48. The topological polar surface area (TPSA) is 72.3 Å². The van der Waals surface area contributed by atoms with Crippen molar-refractivity contribution >= 4 is 35.2 Å². The Balaban J connectivity index is 2.62. The van der Waals surface area contributed by atoms with Gasteiger partial charge in [0.25, 0.3) is 5.56 Å². The van der Waals surface area contributed by atoms with E-state index in [1.54, 1.807) is 29.3 Å². The van der Waals surface area contributed by atoms with Gasteiger partial charge in [-0.15, -0.1) is 11.3 Å². The molecule has 2 heterocycles. The fourth-order valence-electron chi connectivity index (χ4n) is 2.53. The number of ketones is 1. The van der Waals surface area contributed by atoms with Crippen molar-refractivity contribution in [1.29, 1.82) is 0 Å². The van der Waals surface area contributed by atoms with Crippen LogP contribution in [0.1, 0.15) is 40.3 Å². The van der Waals surface area contributed by atoms with Crippen molar-refractivity contribution in [2.75, 3.05) is 13.1 Å². The molecule has 0 unspecified atom stereocenters. The first-order valence-electron chi connectivity index (χ1n) is 9.33. The summed E-state index contributed by atoms with van der Waals surface area (Å²) in [6.07, 6.45) is 4.81. The number of hydrogen-bond donors (Lipinski definition) is 0. The van der Waals surface area contributed by atoms with Gasteiger partial charge in [-0.2, -0.15) is 0 Å². The number of nitrogens with zero attached hydrogens (tertiary/aromatic N) is 3. The first-order valence-corrected chi connectivity index (χ1v) is 10.1. The minimum absolute atomic E-state index is 0.0870. The van der Waals surface area contributed by atoms with Crippen LogP contribution in [0.5, 0.6) is 0 Å². The lowest BCUT2D eigenvalue weighted by atomic mass is 9.91. The Morgan fingerprint density at radius 2 is 1.89 bits per heavy atom. The van der Waals surface area contributed by atoms with Gasteiger partial charge in [-0.3, -0.25) is 23.9 Å². The highest BCUT2D eigenvalue weighted by Gasteiger charge is 2.20. The molecule has 0 bridgehead atoms. The predicted molar refractivity (Wildman–Crippen MR) is 112 cm³/mol. The van der Waals surface area contributed by atoms with E-state index >= 15 is 0 Å². The maximum Gasteiger partial charge on any atom is 0.269 e. The SMILES string of the molecule is CCN(CC)C(=O)Cn1c(=O)/c(=C\c2ccccn2)s/c1=C\C(=O)C(C)(C)C. The lowest BCUT2D eigenvalue weighted by Crippen LogP contribution is -2.40. The molecule has 6 nitrogen and oxygen atoms in total. The molecule has 0 aliphatic carbocycles. The normalized spacial score (nSPS) is 13.0. The van der Waals surface area contributed by atoms with Gasteiger partial charge in [0.1, 0.15) is 11.2 Å². The molecular formula is C21H27N3O3S. The molecule has 1 amide bonds. The Morgan fingerprint density at radius 1 is 1.21 bits per heavy atom. The number of Topliss-reactive ketones (excluding diaryl/α,β-unsaturated/α-hetero) is 1. The summed E-state index contributed by atoms with van der Waals surface area (Å²) in [6.45, 7) is 10.3. The predicted octanol–water partition coefficient (Wildman–Crippen LogP) is 1.40. The number of likely N-dealkylation sites (N-methyl/N-ethyl adjacent to an activating group) is 1. The third kappa shape index (κ3) is 5.25. The summed E-state index contributed by atoms with van der Waals surface area (Å²) in [5, 5.41) is 0. The first-order chi connectivity index (χ1) is 13.2. The molecule has 0 fully saturated rings. The highest BCUT2D eigenvalue weighted by molar-refractivity contribution is 7.07. The lowest BCUT2D eigenvalue weighted by Gasteiger charge is -2.18. The Kier molecular flexibility index (Phi) is 7.07. The minimum atomic E-state index is -0.571. The Bertz CT molecular complexity index is 1010. The molecule has 0 aromatic carbocycles. The molecule has 2 rings (SSSR count). The number of amides is 1. The molecule has 0 radical (unpaired) electrons. The van der Waals surface area contributed by atoms with Crippen molar-refractivity contribution in [1.82, 2.24) is 14.5 Å². The van der Waals surface area contributed by atoms with Gasteiger partial charge in [-0.05, 0) is 32.1 Å². The second kappa shape index (κ2) is 9.10. The van der Waals surface area contributed by atoms with E-state index in [1.807, 2.05) is 40.7 Å². The van der Waals surface area contributed by atoms with Crippen LogP contribution in [-0.2, 0) is 16.1 Å². The van der Waals surface area contributed by atoms with Crippen molar-refractivity contribution in [3.63, 3.8) is 0 Å². The summed E-state index contributed by atoms with van der Waals surface area (Å²) in [5.74, 6) is -0.241. The number of aromatic nitrogens is 2. The summed E-state index contributed by atoms with van der Waals surface area (Å²) in [5.41, 5.74) is -0.209. The van der Waals surface area contributed by atoms with Crippen molar-refractivity contribution < 1.29 is 9.59 Å². The molecule has 0 saturated carbocycles. The molecule has 7 heteroatoms. The monoisotopic (exact) mass is 401 g/mol. The summed E-state index contributed by atoms with van der Waals surface area (Å²) >= 11 is 1.20. The third-order valence-corrected chi connectivity index (χ3v) is 5.37. The van der Waals surface area contributed by atoms with Crippen molar-refractivity contribution in [2.45, 2.75) is 41.2 Å². The second-order valence-electron chi connectivity index (χ2n) is 7.42. The number of hydrogen-bond acceptors (Lipinski definition) is 5. The van der Waals surface area contributed by atoms with Gasteiger partial charge in [-0.25, -0.2) is 0 Å². The van der Waals surface area contributed by atoms with Crippen LogP contribution in [0.2, 0.25) is 0 Å². The highest BCUT2D eigenvalue weighted by Crippen LogP contribution is 2.14. The van der Waals surface area contributed by atoms with Crippen LogP contribution in [0.3, 0.4) is 0 Å². The molecule has 0 atom stereocenters. The van der Waals surface area contributed by atoms with Crippen molar-refractivity contribution in [2.24, 2.45) is 5.41 Å². The number of rotatable bonds is 6. The average molecular weight is 402 g/mol. The van der Waals surface area contributed by atoms with Crippen LogP contribution >= 0.6 is 11.3 Å². The first kappa shape index (κ1) is 21.8. The van der Waals surface area contributed by atoms with Gasteiger partial charge in [0.2, 0.25) is 5.91 Å². The van der Waals surface area contributed by atoms with E-state index in [9.17, 15) is 14.4 Å². The van der Waals surface area contributed by atoms with Crippen LogP contribution in [0.15, 0.2) is 29.2 Å². The van der Waals surface area contributed by atoms with Gasteiger partial charge in [0.15, 0.2) is 5.78 Å². The summed E-state index contributed by atoms with van der Waals surface area (Å²) in [6, 6.07) is 5.44. The van der Waals surface area contributed by atoms with E-state index in [-0.39, 0.29) is 23.8 Å². The Hall–Kier alpha value is -2.54. The quantitative estimate of drug-likeness (QED) is 0.734. The number of carbonyl (C=O) groups is 2. The maximum atomic E-state index is 13.0. The molecule has 2 aromatic heterocycles. The number of pyridine rings is 1. The van der Waals surface area contributed by atoms with Crippen LogP contribution < -0.4 is 14.8 Å². The van der Waals surface area contributed by atoms with E-state index < -0.39 is 5.41 Å². The van der Waals surface area contributed by atoms with Gasteiger partial charge in [0.05, 0.1) is 10.2 Å². The van der Waals surface area contributed by atoms with E-state index in [4.69, 9.17) is 0 Å². The summed E-state index contributed by atoms with van der Waals surface area (Å²) < 4.78 is 2.32. The zero-order valence-corrected chi connectivity index (χ0v) is 17.9. The molecule has 28 heavy (non-hydrogen) atoms. The molecule has 0 N–H and O–H groups in total. The molecule has 0 aliphatic rings. The van der Waals surface area contributed by atoms with Gasteiger partial charge >= 0.3 is 0 Å². The number of thiazole rings is 1. The van der Waals surface area contributed by atoms with E-state index in [0.29, 0.717) is 28.0 Å². The van der Waals surface area contributed by atoms with Crippen LogP contribution in [0.25, 0.3) is 12.2 Å². The lowest BCUT2D eigenvalue weighted by molar-refractivity contribution is -0.131. The van der Waals surface area contributed by atoms with Crippen LogP contribution in [0.4, 0.5) is 0 Å². The Morgan fingerprint density at radius 3 is 2.43 bits per heavy atom. The largest absolute Gasteiger partial charge is 0.342 e. The average Bonchev–Trinajstić information content (AvgIpc) is 2.91. The Labute approximate surface area is 168 Å². The third-order valence-electron chi connectivity index (χ3n) is 4.31. The highest BCUT2D eigenvalue weighted by atomic mass is 32.1. The van der Waals surface area contributed by atoms with Crippen LogP contribution in [0, 0.1) is 5.41 Å². The maximum absolute atomic E-state index is 13.0. The molecule has 150 valence electrons. The van der Waals surface area contributed by atoms with E-state index in [1.165, 1.54) is 22.0 Å². The van der Waals surface area contributed by atoms with Gasteiger partial charge < -0.3 is 4.90 Å². The molecule has 0 spiro atoms. The summed E-state index contributed by atoms with van der Waals surface area (Å²) in [4.78, 5) is 44.0. The fraction of sp³-hybridized carbons (Fsp3) is 0.429. The standard InChI is InChI=1S/C21H27N3O3S/c1-6-23(7-2)18(26)14-24-19(13-17(25)21(3,4)5)28-16(20(24)27)12-15-10-8-9-11-22-15/h8-13H,6-7,14H2,1-5H3/b16-12+,19-13-. The zero-order chi connectivity index (χ0) is 20.9. The zero-order valence-electron chi connectivity index (χ0n) is 17.1. The van der Waals surface area contributed by atoms with Crippen LogP contribution in [-0.4, -0.2) is 39.2 Å². The van der Waals surface area contributed by atoms with Gasteiger partial charge in [-0.1, -0.05) is 26.8 Å². The molecule has 2 aromatic rings. The fourth-order valence-corrected chi connectivity index (χ4v) is 3.55. The summed E-state index contributed by atoms with van der Waals surface area (Å²) in [7, 11) is 0. The number of carbonyl (C=O) groups excluding carboxylic acids is 2. The molecule has 0 saturated heterocycles. The molecular weight excluding hydrogens is 374 g/mol. The van der Waals surface area contributed by atoms with Crippen molar-refractivity contribution in [3.05, 3.63) is 49.6 Å². The van der Waals surface area contributed by atoms with E-state index in [0.717, 1.165) is 0 Å². The van der Waals surface area contributed by atoms with Crippen molar-refractivity contribution in [3.8, 4) is 0 Å². The minimum Gasteiger partial charge on any atom is -0.342 e. The van der Waals surface area contributed by atoms with Gasteiger partial charge in [0, 0.05) is 30.8 Å². The van der Waals surface area contributed by atoms with E-state index in [2.05, 4.69) is 4.98 Å². The smallest absolute Gasteiger partial charge is 0.269 e.